The molecule has 0 bridgehead atoms. The smallest absolute Gasteiger partial charge is 0.303 e. The first kappa shape index (κ1) is 18.9. The van der Waals surface area contributed by atoms with Crippen molar-refractivity contribution in [1.82, 2.24) is 0 Å². The maximum Gasteiger partial charge on any atom is 0.303 e. The predicted molar refractivity (Wildman–Crippen MR) is 97.3 cm³/mol. The van der Waals surface area contributed by atoms with Gasteiger partial charge >= 0.3 is 5.97 Å². The molecule has 0 aliphatic carbocycles. The van der Waals surface area contributed by atoms with Gasteiger partial charge in [-0.3, -0.25) is 4.79 Å². The molecule has 2 aliphatic heterocycles. The number of aliphatic hydroxyl groups is 1. The Labute approximate surface area is 162 Å². The van der Waals surface area contributed by atoms with Gasteiger partial charge in [0.1, 0.15) is 24.1 Å². The Balaban J connectivity index is 1.53. The van der Waals surface area contributed by atoms with Gasteiger partial charge in [-0.15, -0.1) is 0 Å². The van der Waals surface area contributed by atoms with Crippen LogP contribution in [-0.4, -0.2) is 48.4 Å². The van der Waals surface area contributed by atoms with Crippen LogP contribution in [0.4, 0.5) is 0 Å². The van der Waals surface area contributed by atoms with Crippen LogP contribution < -0.4 is 4.74 Å². The van der Waals surface area contributed by atoms with Gasteiger partial charge in [0.2, 0.25) is 6.29 Å². The van der Waals surface area contributed by atoms with E-state index in [1.165, 1.54) is 6.92 Å². The quantitative estimate of drug-likeness (QED) is 0.807. The van der Waals surface area contributed by atoms with Gasteiger partial charge in [-0.2, -0.15) is 0 Å². The molecule has 2 fully saturated rings. The number of hydrogen-bond donors (Lipinski definition) is 1. The highest BCUT2D eigenvalue weighted by Crippen LogP contribution is 2.35. The second-order valence-electron chi connectivity index (χ2n) is 6.72. The fourth-order valence-electron chi connectivity index (χ4n) is 3.39. The highest BCUT2D eigenvalue weighted by atomic mass is 16.8. The number of carbonyl (C=O) groups excluding carboxylic acids is 1. The van der Waals surface area contributed by atoms with Gasteiger partial charge < -0.3 is 28.8 Å². The summed E-state index contributed by atoms with van der Waals surface area (Å²) >= 11 is 0. The lowest BCUT2D eigenvalue weighted by Crippen LogP contribution is -2.63. The molecule has 0 unspecified atom stereocenters. The minimum atomic E-state index is -1.13. The van der Waals surface area contributed by atoms with E-state index in [9.17, 15) is 9.90 Å². The third-order valence-electron chi connectivity index (χ3n) is 4.68. The molecular weight excluding hydrogens is 364 g/mol. The molecule has 2 saturated heterocycles. The summed E-state index contributed by atoms with van der Waals surface area (Å²) in [5.74, 6) is -0.00505. The van der Waals surface area contributed by atoms with Crippen LogP contribution in [0.5, 0.6) is 5.75 Å². The van der Waals surface area contributed by atoms with Crippen LogP contribution in [0, 0.1) is 0 Å². The Morgan fingerprint density at radius 1 is 1.04 bits per heavy atom. The van der Waals surface area contributed by atoms with Crippen LogP contribution in [0.25, 0.3) is 0 Å². The van der Waals surface area contributed by atoms with Crippen molar-refractivity contribution < 1.29 is 33.6 Å². The largest absolute Gasteiger partial charge is 0.461 e. The number of ether oxygens (including phenoxy) is 5. The molecule has 2 aromatic carbocycles. The molecule has 2 aliphatic rings. The summed E-state index contributed by atoms with van der Waals surface area (Å²) in [6.45, 7) is 1.48. The number of esters is 1. The summed E-state index contributed by atoms with van der Waals surface area (Å²) in [5, 5.41) is 10.9. The average Bonchev–Trinajstić information content (AvgIpc) is 2.72. The molecule has 0 radical (unpaired) electrons. The second-order valence-corrected chi connectivity index (χ2v) is 6.72. The molecule has 0 aromatic heterocycles. The first-order valence-corrected chi connectivity index (χ1v) is 9.16. The summed E-state index contributed by atoms with van der Waals surface area (Å²) in [7, 11) is 0. The van der Waals surface area contributed by atoms with Gasteiger partial charge in [0.15, 0.2) is 12.4 Å². The van der Waals surface area contributed by atoms with Crippen molar-refractivity contribution in [2.24, 2.45) is 0 Å². The van der Waals surface area contributed by atoms with Crippen molar-refractivity contribution in [3.05, 3.63) is 66.2 Å². The van der Waals surface area contributed by atoms with Crippen LogP contribution >= 0.6 is 0 Å². The van der Waals surface area contributed by atoms with E-state index in [0.29, 0.717) is 5.75 Å². The summed E-state index contributed by atoms with van der Waals surface area (Å²) in [4.78, 5) is 11.6. The van der Waals surface area contributed by atoms with E-state index in [1.807, 2.05) is 48.5 Å². The van der Waals surface area contributed by atoms with E-state index >= 15 is 0 Å². The zero-order valence-electron chi connectivity index (χ0n) is 15.3. The Kier molecular flexibility index (Phi) is 5.59. The monoisotopic (exact) mass is 386 g/mol. The van der Waals surface area contributed by atoms with Gasteiger partial charge in [-0.1, -0.05) is 48.5 Å². The molecule has 2 heterocycles. The minimum Gasteiger partial charge on any atom is -0.461 e. The van der Waals surface area contributed by atoms with Crippen LogP contribution in [0.3, 0.4) is 0 Å². The Morgan fingerprint density at radius 3 is 2.39 bits per heavy atom. The van der Waals surface area contributed by atoms with Crippen molar-refractivity contribution in [1.29, 1.82) is 0 Å². The van der Waals surface area contributed by atoms with Gasteiger partial charge in [-0.05, 0) is 12.1 Å². The van der Waals surface area contributed by atoms with Gasteiger partial charge in [0.05, 0.1) is 6.61 Å². The molecule has 0 amide bonds. The SMILES string of the molecule is CC(=O)O[C@H]1[C@@H](Oc2ccccc2)O[C@@H]2CO[C@@H](c3ccccc3)O[C@H]2[C@@H]1O. The highest BCUT2D eigenvalue weighted by molar-refractivity contribution is 5.66. The van der Waals surface area contributed by atoms with Crippen molar-refractivity contribution in [3.63, 3.8) is 0 Å². The predicted octanol–water partition coefficient (Wildman–Crippen LogP) is 2.20. The lowest BCUT2D eigenvalue weighted by Gasteiger charge is -2.46. The van der Waals surface area contributed by atoms with E-state index in [1.54, 1.807) is 12.1 Å². The van der Waals surface area contributed by atoms with Crippen LogP contribution in [0.15, 0.2) is 60.7 Å². The molecule has 4 rings (SSSR count). The molecule has 7 heteroatoms. The topological polar surface area (TPSA) is 83.5 Å². The standard InChI is InChI=1S/C21H22O7/c1-13(22)25-19-17(23)18-16(27-21(19)26-15-10-6-3-7-11-15)12-24-20(28-18)14-8-4-2-5-9-14/h2-11,16-21,23H,12H2,1H3/t16-,17+,18-,19-,20-,21+/m1/s1. The maximum atomic E-state index is 11.6. The summed E-state index contributed by atoms with van der Waals surface area (Å²) in [6.07, 6.45) is -5.07. The maximum absolute atomic E-state index is 11.6. The molecule has 1 N–H and O–H groups in total. The zero-order valence-corrected chi connectivity index (χ0v) is 15.3. The summed E-state index contributed by atoms with van der Waals surface area (Å²) in [6, 6.07) is 18.4. The first-order valence-electron chi connectivity index (χ1n) is 9.16. The van der Waals surface area contributed by atoms with Crippen molar-refractivity contribution in [3.8, 4) is 5.75 Å². The number of carbonyl (C=O) groups is 1. The Bertz CT molecular complexity index is 782. The number of rotatable bonds is 4. The minimum absolute atomic E-state index is 0.211. The molecule has 6 atom stereocenters. The number of hydrogen-bond acceptors (Lipinski definition) is 7. The van der Waals surface area contributed by atoms with E-state index in [4.69, 9.17) is 23.7 Å². The average molecular weight is 386 g/mol. The molecule has 28 heavy (non-hydrogen) atoms. The number of fused-ring (bicyclic) bond motifs is 1. The number of para-hydroxylation sites is 1. The molecule has 148 valence electrons. The number of aliphatic hydroxyl groups excluding tert-OH is 1. The van der Waals surface area contributed by atoms with Crippen LogP contribution in [-0.2, 0) is 23.7 Å². The summed E-state index contributed by atoms with van der Waals surface area (Å²) < 4.78 is 28.8. The summed E-state index contributed by atoms with van der Waals surface area (Å²) in [5.41, 5.74) is 0.833. The third-order valence-corrected chi connectivity index (χ3v) is 4.68. The molecule has 7 nitrogen and oxygen atoms in total. The van der Waals surface area contributed by atoms with E-state index in [2.05, 4.69) is 0 Å². The fourth-order valence-corrected chi connectivity index (χ4v) is 3.39. The van der Waals surface area contributed by atoms with Crippen molar-refractivity contribution >= 4 is 5.97 Å². The molecule has 0 saturated carbocycles. The molecule has 2 aromatic rings. The van der Waals surface area contributed by atoms with E-state index in [0.717, 1.165) is 5.56 Å². The van der Waals surface area contributed by atoms with Gasteiger partial charge in [-0.25, -0.2) is 0 Å². The zero-order chi connectivity index (χ0) is 19.5. The van der Waals surface area contributed by atoms with Crippen molar-refractivity contribution in [2.75, 3.05) is 6.61 Å². The Hall–Kier alpha value is -2.45. The van der Waals surface area contributed by atoms with Gasteiger partial charge in [0, 0.05) is 12.5 Å². The number of benzene rings is 2. The second kappa shape index (κ2) is 8.28. The lowest BCUT2D eigenvalue weighted by atomic mass is 9.97. The molecule has 0 spiro atoms. The van der Waals surface area contributed by atoms with Gasteiger partial charge in [0.25, 0.3) is 0 Å². The highest BCUT2D eigenvalue weighted by Gasteiger charge is 2.52. The molecular formula is C21H22O7. The van der Waals surface area contributed by atoms with Crippen LogP contribution in [0.1, 0.15) is 18.8 Å². The fraction of sp³-hybridized carbons (Fsp3) is 0.381. The Morgan fingerprint density at radius 2 is 1.71 bits per heavy atom. The normalized spacial score (nSPS) is 32.2. The first-order chi connectivity index (χ1) is 13.6. The lowest BCUT2D eigenvalue weighted by molar-refractivity contribution is -0.350. The van der Waals surface area contributed by atoms with Crippen molar-refractivity contribution in [2.45, 2.75) is 43.9 Å². The van der Waals surface area contributed by atoms with Crippen LogP contribution in [0.2, 0.25) is 0 Å². The van der Waals surface area contributed by atoms with E-state index < -0.39 is 43.0 Å². The van der Waals surface area contributed by atoms with E-state index in [-0.39, 0.29) is 6.61 Å². The third kappa shape index (κ3) is 4.02.